The average Bonchev–Trinajstić information content (AvgIpc) is 3.00. The van der Waals surface area contributed by atoms with E-state index in [0.29, 0.717) is 22.4 Å². The third kappa shape index (κ3) is 3.52. The Kier molecular flexibility index (Phi) is 4.89. The number of benzene rings is 2. The smallest absolute Gasteiger partial charge is 0.305 e. The van der Waals surface area contributed by atoms with Gasteiger partial charge >= 0.3 is 5.97 Å². The molecular formula is C20H16N4O4S. The summed E-state index contributed by atoms with van der Waals surface area (Å²) in [5.74, 6) is -1.10. The highest BCUT2D eigenvalue weighted by atomic mass is 32.2. The largest absolute Gasteiger partial charge is 0.481 e. The number of para-hydroxylation sites is 2. The Bertz CT molecular complexity index is 1210. The topological polar surface area (TPSA) is 105 Å². The van der Waals surface area contributed by atoms with E-state index in [1.807, 2.05) is 6.07 Å². The molecule has 1 unspecified atom stereocenters. The maximum atomic E-state index is 12.9. The van der Waals surface area contributed by atoms with Crippen LogP contribution in [0.5, 0.6) is 0 Å². The van der Waals surface area contributed by atoms with Crippen LogP contribution in [0.1, 0.15) is 12.2 Å². The first-order valence-corrected chi connectivity index (χ1v) is 9.68. The number of carbonyl (C=O) groups excluding carboxylic acids is 1. The summed E-state index contributed by atoms with van der Waals surface area (Å²) in [6.07, 6.45) is -0.338. The van der Waals surface area contributed by atoms with Crippen LogP contribution >= 0.6 is 11.8 Å². The van der Waals surface area contributed by atoms with E-state index < -0.39 is 11.2 Å². The predicted octanol–water partition coefficient (Wildman–Crippen LogP) is 2.45. The molecule has 1 saturated heterocycles. The SMILES string of the molecule is Cc1nc2ccccc2c(=O)n1/N=C1\SC(CC(=O)O)C(=O)N1c1ccccc1. The summed E-state index contributed by atoms with van der Waals surface area (Å²) in [5.41, 5.74) is 0.754. The molecule has 1 N–H and O–H groups in total. The molecule has 3 aromatic rings. The predicted molar refractivity (Wildman–Crippen MR) is 111 cm³/mol. The lowest BCUT2D eigenvalue weighted by Crippen LogP contribution is -2.34. The van der Waals surface area contributed by atoms with Crippen LogP contribution in [0.2, 0.25) is 0 Å². The number of carbonyl (C=O) groups is 2. The van der Waals surface area contributed by atoms with E-state index in [0.717, 1.165) is 16.4 Å². The number of fused-ring (bicyclic) bond motifs is 1. The Labute approximate surface area is 169 Å². The number of hydrogen-bond acceptors (Lipinski definition) is 6. The number of rotatable bonds is 4. The first-order valence-electron chi connectivity index (χ1n) is 8.80. The molecule has 2 aromatic carbocycles. The van der Waals surface area contributed by atoms with Crippen molar-refractivity contribution in [2.24, 2.45) is 5.10 Å². The molecule has 0 radical (unpaired) electrons. The van der Waals surface area contributed by atoms with Gasteiger partial charge in [-0.25, -0.2) is 4.98 Å². The first-order chi connectivity index (χ1) is 14.0. The number of amides is 1. The second-order valence-corrected chi connectivity index (χ2v) is 7.56. The molecule has 1 aromatic heterocycles. The summed E-state index contributed by atoms with van der Waals surface area (Å²) in [6.45, 7) is 1.65. The van der Waals surface area contributed by atoms with E-state index in [1.165, 1.54) is 4.90 Å². The summed E-state index contributed by atoms with van der Waals surface area (Å²) in [6, 6.07) is 15.7. The van der Waals surface area contributed by atoms with Crippen molar-refractivity contribution >= 4 is 45.4 Å². The molecule has 1 aliphatic rings. The summed E-state index contributed by atoms with van der Waals surface area (Å²) < 4.78 is 1.15. The highest BCUT2D eigenvalue weighted by molar-refractivity contribution is 8.16. The Morgan fingerprint density at radius 2 is 1.83 bits per heavy atom. The summed E-state index contributed by atoms with van der Waals surface area (Å²) in [4.78, 5) is 42.7. The number of amidine groups is 1. The van der Waals surface area contributed by atoms with Crippen LogP contribution in [0.25, 0.3) is 10.9 Å². The molecule has 8 nitrogen and oxygen atoms in total. The molecule has 0 bridgehead atoms. The monoisotopic (exact) mass is 408 g/mol. The van der Waals surface area contributed by atoms with Gasteiger partial charge in [-0.2, -0.15) is 4.68 Å². The van der Waals surface area contributed by atoms with E-state index >= 15 is 0 Å². The van der Waals surface area contributed by atoms with E-state index in [-0.39, 0.29) is 23.1 Å². The van der Waals surface area contributed by atoms with Gasteiger partial charge in [-0.15, -0.1) is 5.10 Å². The first kappa shape index (κ1) is 18.9. The van der Waals surface area contributed by atoms with Crippen LogP contribution in [-0.2, 0) is 9.59 Å². The summed E-state index contributed by atoms with van der Waals surface area (Å²) in [7, 11) is 0. The molecule has 1 fully saturated rings. The van der Waals surface area contributed by atoms with Gasteiger partial charge in [-0.3, -0.25) is 19.3 Å². The van der Waals surface area contributed by atoms with E-state index in [4.69, 9.17) is 5.11 Å². The molecule has 146 valence electrons. The number of carboxylic acid groups (broad SMARTS) is 1. The molecule has 0 spiro atoms. The maximum absolute atomic E-state index is 12.9. The van der Waals surface area contributed by atoms with Crippen molar-refractivity contribution < 1.29 is 14.7 Å². The highest BCUT2D eigenvalue weighted by Crippen LogP contribution is 2.33. The third-order valence-corrected chi connectivity index (χ3v) is 5.54. The standard InChI is InChI=1S/C20H16N4O4S/c1-12-21-15-10-6-5-9-14(15)18(27)24(12)22-20-23(13-7-3-2-4-8-13)19(28)16(29-20)11-17(25)26/h2-10,16H,11H2,1H3,(H,25,26)/b22-20-. The number of hydrogen-bond donors (Lipinski definition) is 1. The highest BCUT2D eigenvalue weighted by Gasteiger charge is 2.40. The molecule has 0 saturated carbocycles. The number of anilines is 1. The minimum atomic E-state index is -1.08. The van der Waals surface area contributed by atoms with Crippen LogP contribution in [0.4, 0.5) is 5.69 Å². The van der Waals surface area contributed by atoms with E-state index in [9.17, 15) is 14.4 Å². The van der Waals surface area contributed by atoms with Gasteiger partial charge in [0.25, 0.3) is 5.56 Å². The Morgan fingerprint density at radius 1 is 1.14 bits per heavy atom. The normalized spacial score (nSPS) is 18.0. The van der Waals surface area contributed by atoms with Crippen molar-refractivity contribution in [2.75, 3.05) is 4.90 Å². The molecule has 29 heavy (non-hydrogen) atoms. The van der Waals surface area contributed by atoms with Crippen molar-refractivity contribution in [2.45, 2.75) is 18.6 Å². The lowest BCUT2D eigenvalue weighted by atomic mass is 10.2. The molecule has 4 rings (SSSR count). The zero-order valence-electron chi connectivity index (χ0n) is 15.3. The lowest BCUT2D eigenvalue weighted by Gasteiger charge is -2.16. The van der Waals surface area contributed by atoms with Crippen LogP contribution in [0, 0.1) is 6.92 Å². The van der Waals surface area contributed by atoms with Gasteiger partial charge in [0.2, 0.25) is 5.91 Å². The Balaban J connectivity index is 1.86. The number of nitrogens with zero attached hydrogens (tertiary/aromatic N) is 4. The minimum Gasteiger partial charge on any atom is -0.481 e. The molecule has 0 aliphatic carbocycles. The molecule has 2 heterocycles. The quantitative estimate of drug-likeness (QED) is 0.711. The number of thioether (sulfide) groups is 1. The molecule has 1 atom stereocenters. The van der Waals surface area contributed by atoms with Gasteiger partial charge in [0.15, 0.2) is 5.17 Å². The fraction of sp³-hybridized carbons (Fsp3) is 0.150. The van der Waals surface area contributed by atoms with Crippen LogP contribution in [0.3, 0.4) is 0 Å². The van der Waals surface area contributed by atoms with Crippen LogP contribution < -0.4 is 10.5 Å². The fourth-order valence-corrected chi connectivity index (χ4v) is 4.19. The number of aromatic nitrogens is 2. The van der Waals surface area contributed by atoms with Crippen LogP contribution in [-0.4, -0.2) is 37.1 Å². The summed E-state index contributed by atoms with van der Waals surface area (Å²) in [5, 5.41) is 13.4. The van der Waals surface area contributed by atoms with Crippen molar-refractivity contribution in [1.82, 2.24) is 9.66 Å². The van der Waals surface area contributed by atoms with Crippen LogP contribution in [0.15, 0.2) is 64.5 Å². The lowest BCUT2D eigenvalue weighted by molar-refractivity contribution is -0.138. The fourth-order valence-electron chi connectivity index (χ4n) is 3.08. The molecular weight excluding hydrogens is 392 g/mol. The zero-order chi connectivity index (χ0) is 20.5. The van der Waals surface area contributed by atoms with Crippen molar-refractivity contribution in [3.8, 4) is 0 Å². The van der Waals surface area contributed by atoms with Crippen molar-refractivity contribution in [3.05, 3.63) is 70.8 Å². The van der Waals surface area contributed by atoms with Crippen molar-refractivity contribution in [3.63, 3.8) is 0 Å². The second kappa shape index (κ2) is 7.51. The molecule has 9 heteroatoms. The van der Waals surface area contributed by atoms with E-state index in [2.05, 4.69) is 10.1 Å². The Morgan fingerprint density at radius 3 is 2.55 bits per heavy atom. The van der Waals surface area contributed by atoms with Gasteiger partial charge < -0.3 is 5.11 Å². The molecule has 1 amide bonds. The maximum Gasteiger partial charge on any atom is 0.305 e. The van der Waals surface area contributed by atoms with Gasteiger partial charge in [-0.05, 0) is 31.2 Å². The average molecular weight is 408 g/mol. The number of aryl methyl sites for hydroxylation is 1. The van der Waals surface area contributed by atoms with Crippen molar-refractivity contribution in [1.29, 1.82) is 0 Å². The Hall–Kier alpha value is -3.46. The van der Waals surface area contributed by atoms with Gasteiger partial charge in [0, 0.05) is 0 Å². The summed E-state index contributed by atoms with van der Waals surface area (Å²) >= 11 is 1.03. The number of carboxylic acids is 1. The minimum absolute atomic E-state index is 0.231. The second-order valence-electron chi connectivity index (χ2n) is 6.39. The zero-order valence-corrected chi connectivity index (χ0v) is 16.2. The molecule has 1 aliphatic heterocycles. The van der Waals surface area contributed by atoms with Gasteiger partial charge in [0.1, 0.15) is 11.1 Å². The van der Waals surface area contributed by atoms with Gasteiger partial charge in [-0.1, -0.05) is 42.1 Å². The number of aliphatic carboxylic acids is 1. The third-order valence-electron chi connectivity index (χ3n) is 4.41. The van der Waals surface area contributed by atoms with E-state index in [1.54, 1.807) is 55.5 Å². The van der Waals surface area contributed by atoms with Gasteiger partial charge in [0.05, 0.1) is 23.0 Å².